The minimum Gasteiger partial charge on any atom is 0 e. The molecule has 0 unspecified atom stereocenters. The summed E-state index contributed by atoms with van der Waals surface area (Å²) in [7, 11) is 0. The second-order valence-electron chi connectivity index (χ2n) is 0.250. The van der Waals surface area contributed by atoms with Gasteiger partial charge in [0.25, 0.3) is 0 Å². The van der Waals surface area contributed by atoms with E-state index in [1.165, 1.54) is 0 Å². The summed E-state index contributed by atoms with van der Waals surface area (Å²) in [6, 6.07) is 0. The Balaban J connectivity index is -0.00000000300. The first-order chi connectivity index (χ1) is 1.73. The molecule has 0 aromatic heterocycles. The summed E-state index contributed by atoms with van der Waals surface area (Å²) in [6.45, 7) is 0. The number of hydrogen-bond acceptors (Lipinski definition) is 3. The van der Waals surface area contributed by atoms with Crippen molar-refractivity contribution in [3.8, 4) is 0 Å². The van der Waals surface area contributed by atoms with Crippen molar-refractivity contribution in [1.82, 2.24) is 0 Å². The molecule has 0 aliphatic rings. The second kappa shape index (κ2) is 22.4. The van der Waals surface area contributed by atoms with Gasteiger partial charge in [0, 0.05) is 36.5 Å². The van der Waals surface area contributed by atoms with E-state index in [4.69, 9.17) is 10.7 Å². The third kappa shape index (κ3) is 51.4. The van der Waals surface area contributed by atoms with Gasteiger partial charge in [-0.2, -0.15) is 0 Å². The van der Waals surface area contributed by atoms with Gasteiger partial charge in [0.05, 0.1) is 0 Å². The van der Waals surface area contributed by atoms with Crippen molar-refractivity contribution >= 4 is 71.9 Å². The molecule has 0 bridgehead atoms. The van der Waals surface area contributed by atoms with Gasteiger partial charge >= 0.3 is 101 Å². The van der Waals surface area contributed by atoms with Crippen LogP contribution in [0, 0.1) is 0 Å². The first-order valence-corrected chi connectivity index (χ1v) is 2.52. The Hall–Kier alpha value is 3.91. The van der Waals surface area contributed by atoms with Crippen LogP contribution in [0.5, 0.6) is 0 Å². The molecule has 0 aliphatic heterocycles. The molecular formula is H2BaCuMgO3TiZn. The van der Waals surface area contributed by atoms with E-state index in [0.717, 1.165) is 0 Å². The van der Waals surface area contributed by atoms with E-state index in [1.807, 2.05) is 0 Å². The van der Waals surface area contributed by atoms with Crippen LogP contribution in [0.2, 0.25) is 0 Å². The molecule has 0 heterocycles. The molecule has 1 radical (unpaired) electrons. The molecule has 0 N–H and O–H groups in total. The number of rotatable bonds is 0. The van der Waals surface area contributed by atoms with Gasteiger partial charge in [0.15, 0.2) is 0 Å². The van der Waals surface area contributed by atoms with Crippen LogP contribution >= 0.6 is 0 Å². The maximum absolute atomic E-state index is 8.58. The molecule has 0 rings (SSSR count). The summed E-state index contributed by atoms with van der Waals surface area (Å²) in [5.74, 6) is 0. The van der Waals surface area contributed by atoms with Gasteiger partial charge in [-0.3, -0.25) is 0 Å². The van der Waals surface area contributed by atoms with E-state index in [0.29, 0.717) is 0 Å². The Morgan fingerprint density at radius 3 is 1.38 bits per heavy atom. The van der Waals surface area contributed by atoms with Crippen molar-refractivity contribution in [3.63, 3.8) is 0 Å². The monoisotopic (exact) mass is 387 g/mol. The predicted molar refractivity (Wildman–Crippen MR) is 14.4 cm³/mol. The average Bonchev–Trinajstić information content (AvgIpc) is 0.811. The maximum atomic E-state index is 8.58. The first kappa shape index (κ1) is 29.7. The van der Waals surface area contributed by atoms with Gasteiger partial charge in [0.2, 0.25) is 0 Å². The minimum atomic E-state index is -4.08. The summed E-state index contributed by atoms with van der Waals surface area (Å²) in [4.78, 5) is 0. The molecule has 0 amide bonds. The fourth-order valence-corrected chi connectivity index (χ4v) is 0. The zero-order valence-corrected chi connectivity index (χ0v) is 15.5. The van der Waals surface area contributed by atoms with Crippen LogP contribution in [0.15, 0.2) is 0 Å². The van der Waals surface area contributed by atoms with Gasteiger partial charge in [-0.15, -0.1) is 0 Å². The minimum absolute atomic E-state index is 0. The molecule has 0 spiro atoms. The molecule has 8 heavy (non-hydrogen) atoms. The van der Waals surface area contributed by atoms with Gasteiger partial charge in [-0.25, -0.2) is 0 Å². The topological polar surface area (TPSA) is 63.2 Å². The van der Waals surface area contributed by atoms with E-state index in [2.05, 4.69) is 0 Å². The fraction of sp³-hybridized carbons (Fsp3) is 0. The molecule has 0 aromatic carbocycles. The molecule has 3 nitrogen and oxygen atoms in total. The second-order valence-corrected chi connectivity index (χ2v) is 1.03. The third-order valence-corrected chi connectivity index (χ3v) is 0. The number of hydrogen-bond donors (Lipinski definition) is 0. The van der Waals surface area contributed by atoms with Crippen molar-refractivity contribution < 1.29 is 68.7 Å². The maximum Gasteiger partial charge on any atom is 0 e. The molecule has 0 saturated heterocycles. The standard InChI is InChI=1S/Ba.Cu.Mg.3O.Ti.Zn.2H/q+2;;+2;;2*-1;;;2*-1. The van der Waals surface area contributed by atoms with Gasteiger partial charge in [-0.1, -0.05) is 0 Å². The van der Waals surface area contributed by atoms with Crippen molar-refractivity contribution in [2.75, 3.05) is 0 Å². The third-order valence-electron chi connectivity index (χ3n) is 0. The predicted octanol–water partition coefficient (Wildman–Crippen LogP) is -3.04. The van der Waals surface area contributed by atoms with E-state index in [9.17, 15) is 0 Å². The van der Waals surface area contributed by atoms with E-state index in [-0.39, 0.29) is 111 Å². The SMILES string of the molecule is [Ba+2].[Cu].[H-].[H-].[Mg+2].[O]=[Ti]([O-])[O-].[Zn]. The van der Waals surface area contributed by atoms with Crippen molar-refractivity contribution in [2.24, 2.45) is 0 Å². The van der Waals surface area contributed by atoms with Crippen LogP contribution in [0.4, 0.5) is 0 Å². The Bertz CT molecular complexity index is 49.5. The zero-order chi connectivity index (χ0) is 3.58. The van der Waals surface area contributed by atoms with Crippen molar-refractivity contribution in [2.45, 2.75) is 0 Å². The summed E-state index contributed by atoms with van der Waals surface area (Å²) in [6.07, 6.45) is 0. The van der Waals surface area contributed by atoms with E-state index >= 15 is 0 Å². The summed E-state index contributed by atoms with van der Waals surface area (Å²) < 4.78 is 25.8. The Morgan fingerprint density at radius 2 is 1.38 bits per heavy atom. The van der Waals surface area contributed by atoms with Gasteiger partial charge in [0.1, 0.15) is 0 Å². The van der Waals surface area contributed by atoms with Crippen molar-refractivity contribution in [1.29, 1.82) is 0 Å². The summed E-state index contributed by atoms with van der Waals surface area (Å²) >= 11 is -4.08. The molecule has 0 atom stereocenters. The van der Waals surface area contributed by atoms with Crippen molar-refractivity contribution in [3.05, 3.63) is 0 Å². The molecule has 41 valence electrons. The Kier molecular flexibility index (Phi) is 83.3. The molecule has 8 heteroatoms. The average molecular weight is 388 g/mol. The normalized spacial score (nSPS) is 3.25. The molecular weight excluding hydrogens is 386 g/mol. The molecule has 0 saturated carbocycles. The summed E-state index contributed by atoms with van der Waals surface area (Å²) in [5.41, 5.74) is 0. The largest absolute Gasteiger partial charge is 0 e. The van der Waals surface area contributed by atoms with Gasteiger partial charge in [-0.05, 0) is 0 Å². The van der Waals surface area contributed by atoms with Crippen LogP contribution in [-0.4, -0.2) is 71.9 Å². The molecule has 0 aromatic rings. The summed E-state index contributed by atoms with van der Waals surface area (Å²) in [5, 5.41) is 0. The van der Waals surface area contributed by atoms with Crippen LogP contribution in [-0.2, 0) is 58.5 Å². The fourth-order valence-electron chi connectivity index (χ4n) is 0. The van der Waals surface area contributed by atoms with Gasteiger partial charge < -0.3 is 2.85 Å². The molecule has 0 fully saturated rings. The quantitative estimate of drug-likeness (QED) is 0.415. The smallest absolute Gasteiger partial charge is 0 e. The van der Waals surface area contributed by atoms with Crippen LogP contribution in [0.25, 0.3) is 0 Å². The Morgan fingerprint density at radius 1 is 1.38 bits per heavy atom. The van der Waals surface area contributed by atoms with Crippen LogP contribution in [0.3, 0.4) is 0 Å². The van der Waals surface area contributed by atoms with Crippen LogP contribution < -0.4 is 7.38 Å². The Labute approximate surface area is 137 Å². The van der Waals surface area contributed by atoms with Crippen LogP contribution in [0.1, 0.15) is 2.85 Å². The molecule has 0 aliphatic carbocycles. The first-order valence-electron chi connectivity index (χ1n) is 0.612. The van der Waals surface area contributed by atoms with E-state index < -0.39 is 18.6 Å². The van der Waals surface area contributed by atoms with E-state index in [1.54, 1.807) is 0 Å². The zero-order valence-electron chi connectivity index (χ0n) is 6.15.